The van der Waals surface area contributed by atoms with Crippen molar-refractivity contribution in [1.29, 1.82) is 0 Å². The van der Waals surface area contributed by atoms with Crippen molar-refractivity contribution < 1.29 is 53.2 Å². The highest BCUT2D eigenvalue weighted by Crippen LogP contribution is 2.38. The van der Waals surface area contributed by atoms with Crippen molar-refractivity contribution in [1.82, 2.24) is 0 Å². The van der Waals surface area contributed by atoms with E-state index in [0.29, 0.717) is 12.8 Å². The van der Waals surface area contributed by atoms with Crippen LogP contribution in [-0.4, -0.2) is 49.9 Å². The van der Waals surface area contributed by atoms with E-state index in [2.05, 4.69) is 24.1 Å². The molecule has 0 aliphatic rings. The van der Waals surface area contributed by atoms with Gasteiger partial charge in [0.25, 0.3) is 7.82 Å². The van der Waals surface area contributed by atoms with Gasteiger partial charge in [-0.3, -0.25) is 14.2 Å². The second kappa shape index (κ2) is 38.4. The van der Waals surface area contributed by atoms with Crippen LogP contribution in [0.3, 0.4) is 0 Å². The molecular formula is C42H81NO10P-. The highest BCUT2D eigenvalue weighted by atomic mass is 31.2. The van der Waals surface area contributed by atoms with E-state index in [-0.39, 0.29) is 19.4 Å². The monoisotopic (exact) mass is 791 g/mol. The maximum atomic E-state index is 12.6. The van der Waals surface area contributed by atoms with Gasteiger partial charge in [0.05, 0.1) is 6.61 Å². The summed E-state index contributed by atoms with van der Waals surface area (Å²) in [5.74, 6) is -2.56. The predicted octanol–water partition coefficient (Wildman–Crippen LogP) is 8.83. The van der Waals surface area contributed by atoms with Gasteiger partial charge < -0.3 is 39.0 Å². The summed E-state index contributed by atoms with van der Waals surface area (Å²) in [6, 6.07) is -1.42. The van der Waals surface area contributed by atoms with Crippen molar-refractivity contribution in [3.05, 3.63) is 0 Å². The summed E-state index contributed by atoms with van der Waals surface area (Å²) in [5.41, 5.74) is 3.24. The van der Waals surface area contributed by atoms with Gasteiger partial charge in [0.2, 0.25) is 0 Å². The Morgan fingerprint density at radius 1 is 0.500 bits per heavy atom. The summed E-state index contributed by atoms with van der Waals surface area (Å²) < 4.78 is 32.4. The van der Waals surface area contributed by atoms with Crippen LogP contribution in [0.15, 0.2) is 0 Å². The van der Waals surface area contributed by atoms with Crippen molar-refractivity contribution in [2.24, 2.45) is 0 Å². The van der Waals surface area contributed by atoms with Gasteiger partial charge in [-0.05, 0) is 12.8 Å². The molecule has 0 rings (SSSR count). The Morgan fingerprint density at radius 2 is 0.815 bits per heavy atom. The second-order valence-corrected chi connectivity index (χ2v) is 16.7. The number of carbonyl (C=O) groups excluding carboxylic acids is 3. The number of quaternary nitrogens is 1. The van der Waals surface area contributed by atoms with E-state index in [0.717, 1.165) is 38.5 Å². The summed E-state index contributed by atoms with van der Waals surface area (Å²) in [6.45, 7) is 2.73. The molecule has 54 heavy (non-hydrogen) atoms. The number of esters is 2. The normalized spacial score (nSPS) is 13.7. The molecule has 0 saturated carbocycles. The average molecular weight is 791 g/mol. The standard InChI is InChI=1S/C42H82NO10P/c1-3-5-7-9-11-13-15-17-19-21-23-25-27-29-31-33-40(44)50-35-38(36-51-54(48,49)52-37-39(43)42(46)47)53-41(45)34-32-30-28-26-24-22-20-18-16-14-12-10-8-6-4-2/h38-39H,3-37,43H2,1-2H3,(H,46,47)(H,48,49)/p-1/t38-,39+/m1/s1. The van der Waals surface area contributed by atoms with Gasteiger partial charge in [-0.1, -0.05) is 194 Å². The van der Waals surface area contributed by atoms with Crippen LogP contribution in [0.1, 0.15) is 219 Å². The molecular weight excluding hydrogens is 709 g/mol. The fourth-order valence-corrected chi connectivity index (χ4v) is 7.15. The maximum absolute atomic E-state index is 12.6. The van der Waals surface area contributed by atoms with Crippen molar-refractivity contribution in [2.75, 3.05) is 19.8 Å². The quantitative estimate of drug-likeness (QED) is 0.0357. The van der Waals surface area contributed by atoms with E-state index in [1.165, 1.54) is 141 Å². The molecule has 0 spiro atoms. The summed E-state index contributed by atoms with van der Waals surface area (Å²) >= 11 is 0. The summed E-state index contributed by atoms with van der Waals surface area (Å²) in [7, 11) is -4.94. The van der Waals surface area contributed by atoms with Gasteiger partial charge in [0.15, 0.2) is 6.10 Å². The Kier molecular flexibility index (Phi) is 37.3. The number of hydrogen-bond donors (Lipinski definition) is 1. The molecule has 0 heterocycles. The number of phosphoric ester groups is 1. The fourth-order valence-electron chi connectivity index (χ4n) is 6.36. The molecule has 0 radical (unpaired) electrons. The van der Waals surface area contributed by atoms with E-state index in [1.807, 2.05) is 0 Å². The van der Waals surface area contributed by atoms with Crippen molar-refractivity contribution in [2.45, 2.75) is 231 Å². The molecule has 0 bridgehead atoms. The molecule has 3 atom stereocenters. The average Bonchev–Trinajstić information content (AvgIpc) is 3.14. The van der Waals surface area contributed by atoms with Crippen molar-refractivity contribution >= 4 is 25.7 Å². The first-order chi connectivity index (χ1) is 26.1. The number of ether oxygens (including phenoxy) is 2. The predicted molar refractivity (Wildman–Crippen MR) is 211 cm³/mol. The SMILES string of the molecule is CCCCCCCCCCCCCCCCCC(=O)OC[C@H](COP(=O)([O-])OC[C@H]([NH3+])C(=O)[O-])OC(=O)CCCCCCCCCCCCCCCCC. The van der Waals surface area contributed by atoms with Gasteiger partial charge in [-0.15, -0.1) is 0 Å². The van der Waals surface area contributed by atoms with Gasteiger partial charge in [-0.2, -0.15) is 0 Å². The van der Waals surface area contributed by atoms with Crippen molar-refractivity contribution in [3.63, 3.8) is 0 Å². The number of aliphatic carboxylic acids is 1. The highest BCUT2D eigenvalue weighted by Gasteiger charge is 2.22. The number of rotatable bonds is 42. The smallest absolute Gasteiger partial charge is 0.306 e. The lowest BCUT2D eigenvalue weighted by atomic mass is 10.0. The van der Waals surface area contributed by atoms with Crippen LogP contribution >= 0.6 is 7.82 Å². The molecule has 0 fully saturated rings. The van der Waals surface area contributed by atoms with Gasteiger partial charge >= 0.3 is 11.9 Å². The minimum atomic E-state index is -4.94. The lowest BCUT2D eigenvalue weighted by Crippen LogP contribution is -2.70. The molecule has 0 aromatic heterocycles. The maximum Gasteiger partial charge on any atom is 0.306 e. The molecule has 3 N–H and O–H groups in total. The molecule has 12 heteroatoms. The van der Waals surface area contributed by atoms with Crippen LogP contribution in [0.4, 0.5) is 0 Å². The minimum Gasteiger partial charge on any atom is -0.756 e. The Morgan fingerprint density at radius 3 is 1.17 bits per heavy atom. The Bertz CT molecular complexity index is 937. The van der Waals surface area contributed by atoms with Crippen LogP contribution in [0, 0.1) is 0 Å². The summed E-state index contributed by atoms with van der Waals surface area (Å²) in [4.78, 5) is 48.0. The third-order valence-electron chi connectivity index (χ3n) is 9.88. The molecule has 0 aliphatic carbocycles. The van der Waals surface area contributed by atoms with E-state index in [4.69, 9.17) is 14.0 Å². The molecule has 0 saturated heterocycles. The van der Waals surface area contributed by atoms with E-state index in [9.17, 15) is 28.9 Å². The van der Waals surface area contributed by atoms with Crippen LogP contribution in [-0.2, 0) is 37.5 Å². The van der Waals surface area contributed by atoms with Crippen LogP contribution in [0.25, 0.3) is 0 Å². The lowest BCUT2D eigenvalue weighted by molar-refractivity contribution is -0.441. The molecule has 320 valence electrons. The van der Waals surface area contributed by atoms with Crippen LogP contribution in [0.2, 0.25) is 0 Å². The summed E-state index contributed by atoms with van der Waals surface area (Å²) in [6.07, 6.45) is 35.7. The number of unbranched alkanes of at least 4 members (excludes halogenated alkanes) is 28. The fraction of sp³-hybridized carbons (Fsp3) is 0.929. The van der Waals surface area contributed by atoms with Gasteiger partial charge in [0.1, 0.15) is 25.2 Å². The molecule has 0 aromatic rings. The summed E-state index contributed by atoms with van der Waals surface area (Å²) in [5, 5.41) is 10.8. The first-order valence-corrected chi connectivity index (χ1v) is 23.6. The molecule has 1 unspecified atom stereocenters. The van der Waals surface area contributed by atoms with E-state index < -0.39 is 51.1 Å². The van der Waals surface area contributed by atoms with E-state index in [1.54, 1.807) is 0 Å². The molecule has 0 aliphatic heterocycles. The molecule has 0 aromatic carbocycles. The van der Waals surface area contributed by atoms with Crippen LogP contribution < -0.4 is 15.7 Å². The van der Waals surface area contributed by atoms with Gasteiger partial charge in [-0.25, -0.2) is 0 Å². The Hall–Kier alpha value is -1.52. The molecule has 0 amide bonds. The van der Waals surface area contributed by atoms with Crippen LogP contribution in [0.5, 0.6) is 0 Å². The third kappa shape index (κ3) is 37.4. The Labute approximate surface area is 329 Å². The Balaban J connectivity index is 4.31. The van der Waals surface area contributed by atoms with Crippen molar-refractivity contribution in [3.8, 4) is 0 Å². The zero-order chi connectivity index (χ0) is 40.0. The number of phosphoric acid groups is 1. The zero-order valence-corrected chi connectivity index (χ0v) is 35.5. The lowest BCUT2D eigenvalue weighted by Gasteiger charge is -2.26. The highest BCUT2D eigenvalue weighted by molar-refractivity contribution is 7.45. The first kappa shape index (κ1) is 52.5. The van der Waals surface area contributed by atoms with E-state index >= 15 is 0 Å². The number of carboxylic acid groups (broad SMARTS) is 1. The topological polar surface area (TPSA) is 179 Å². The zero-order valence-electron chi connectivity index (χ0n) is 34.6. The third-order valence-corrected chi connectivity index (χ3v) is 10.8. The number of carboxylic acids is 1. The first-order valence-electron chi connectivity index (χ1n) is 22.1. The number of hydrogen-bond acceptors (Lipinski definition) is 10. The second-order valence-electron chi connectivity index (χ2n) is 15.2. The van der Waals surface area contributed by atoms with Gasteiger partial charge in [0, 0.05) is 12.8 Å². The largest absolute Gasteiger partial charge is 0.756 e. The minimum absolute atomic E-state index is 0.155. The molecule has 11 nitrogen and oxygen atoms in total. The number of carbonyl (C=O) groups is 3.